The molecule has 450 valence electrons. The van der Waals surface area contributed by atoms with Gasteiger partial charge in [-0.05, 0) is 70.6 Å². The molecule has 6 atom stereocenters. The third-order valence-electron chi connectivity index (χ3n) is 15.0. The van der Waals surface area contributed by atoms with Crippen LogP contribution in [-0.2, 0) is 42.9 Å². The Bertz CT molecular complexity index is 1430. The Kier molecular flexibility index (Phi) is 50.5. The fourth-order valence-electron chi connectivity index (χ4n) is 10.0. The molecule has 1 aliphatic rings. The minimum atomic E-state index is -1.90. The number of aliphatic hydroxyl groups is 2. The number of hydrogen-bond acceptors (Lipinski definition) is 11. The SMILES string of the molecule is CCCCCCCC/C=C\CCCCCCCC(=O)OC(COC(=O)CCCCCCCCCCCCCCCCCCC)COC1OC(C(=O)O)C(O)C(O)C1OC(=O)CCCCCCC/C=C\CCCCCCCC. The van der Waals surface area contributed by atoms with Crippen LogP contribution in [-0.4, -0.2) is 89.2 Å². The summed E-state index contributed by atoms with van der Waals surface area (Å²) in [7, 11) is 0. The molecule has 0 aromatic carbocycles. The largest absolute Gasteiger partial charge is 0.479 e. The summed E-state index contributed by atoms with van der Waals surface area (Å²) in [5, 5.41) is 31.5. The van der Waals surface area contributed by atoms with Crippen molar-refractivity contribution in [2.24, 2.45) is 0 Å². The highest BCUT2D eigenvalue weighted by atomic mass is 16.7. The van der Waals surface area contributed by atoms with Crippen LogP contribution in [0.25, 0.3) is 0 Å². The number of carbonyl (C=O) groups excluding carboxylic acids is 3. The first kappa shape index (κ1) is 72.2. The van der Waals surface area contributed by atoms with Gasteiger partial charge in [0.2, 0.25) is 0 Å². The van der Waals surface area contributed by atoms with Gasteiger partial charge in [-0.3, -0.25) is 14.4 Å². The lowest BCUT2D eigenvalue weighted by Crippen LogP contribution is -2.61. The van der Waals surface area contributed by atoms with Crippen molar-refractivity contribution < 1.29 is 58.2 Å². The average molecular weight is 1090 g/mol. The number of hydrogen-bond donors (Lipinski definition) is 3. The van der Waals surface area contributed by atoms with E-state index in [0.29, 0.717) is 19.3 Å². The van der Waals surface area contributed by atoms with Crippen LogP contribution in [0, 0.1) is 0 Å². The first-order chi connectivity index (χ1) is 37.6. The van der Waals surface area contributed by atoms with E-state index in [1.165, 1.54) is 161 Å². The normalized spacial score (nSPS) is 18.1. The lowest BCUT2D eigenvalue weighted by Gasteiger charge is -2.40. The molecule has 0 radical (unpaired) electrons. The second-order valence-electron chi connectivity index (χ2n) is 22.4. The predicted octanol–water partition coefficient (Wildman–Crippen LogP) is 17.0. The zero-order valence-electron chi connectivity index (χ0n) is 49.7. The summed E-state index contributed by atoms with van der Waals surface area (Å²) in [5.41, 5.74) is 0. The molecule has 1 saturated heterocycles. The number of aliphatic hydroxyl groups excluding tert-OH is 2. The standard InChI is InChI=1S/C65H118O12/c1-4-7-10-13-16-19-22-25-28-29-32-33-36-39-42-45-48-51-57(66)73-54-56(75-58(67)52-49-46-43-40-37-34-30-26-23-20-17-14-11-8-5-2)55-74-65-63(61(70)60(69)62(77-65)64(71)72)76-59(68)53-50-47-44-41-38-35-31-27-24-21-18-15-12-9-6-3/h26-27,30-31,56,60-63,65,69-70H,4-25,28-29,32-55H2,1-3H3,(H,71,72)/b30-26-,31-27-. The van der Waals surface area contributed by atoms with Crippen molar-refractivity contribution in [3.8, 4) is 0 Å². The number of allylic oxidation sites excluding steroid dienone is 4. The summed E-state index contributed by atoms with van der Waals surface area (Å²) in [6.07, 6.45) is 49.9. The molecule has 1 aliphatic heterocycles. The summed E-state index contributed by atoms with van der Waals surface area (Å²) in [6, 6.07) is 0. The number of carboxylic acids is 1. The number of carbonyl (C=O) groups is 4. The van der Waals surface area contributed by atoms with Crippen LogP contribution in [0.15, 0.2) is 24.3 Å². The molecule has 0 aromatic heterocycles. The van der Waals surface area contributed by atoms with Crippen LogP contribution in [0.4, 0.5) is 0 Å². The minimum absolute atomic E-state index is 0.0541. The number of unbranched alkanes of at least 4 members (excludes halogenated alkanes) is 38. The lowest BCUT2D eigenvalue weighted by molar-refractivity contribution is -0.301. The molecule has 1 fully saturated rings. The van der Waals surface area contributed by atoms with Gasteiger partial charge in [0.05, 0.1) is 6.61 Å². The van der Waals surface area contributed by atoms with Crippen molar-refractivity contribution in [1.29, 1.82) is 0 Å². The van der Waals surface area contributed by atoms with Crippen LogP contribution in [0.3, 0.4) is 0 Å². The van der Waals surface area contributed by atoms with E-state index < -0.39 is 67.3 Å². The van der Waals surface area contributed by atoms with Crippen molar-refractivity contribution in [2.45, 2.75) is 353 Å². The molecule has 0 aliphatic carbocycles. The van der Waals surface area contributed by atoms with Gasteiger partial charge in [-0.25, -0.2) is 4.79 Å². The molecule has 0 saturated carbocycles. The van der Waals surface area contributed by atoms with E-state index in [2.05, 4.69) is 45.1 Å². The molecule has 0 spiro atoms. The van der Waals surface area contributed by atoms with Crippen molar-refractivity contribution in [3.63, 3.8) is 0 Å². The number of aliphatic carboxylic acids is 1. The lowest BCUT2D eigenvalue weighted by atomic mass is 9.98. The molecular formula is C65H118O12. The highest BCUT2D eigenvalue weighted by molar-refractivity contribution is 5.74. The molecule has 77 heavy (non-hydrogen) atoms. The molecule has 3 N–H and O–H groups in total. The molecule has 12 heteroatoms. The van der Waals surface area contributed by atoms with Crippen LogP contribution in [0.1, 0.15) is 316 Å². The van der Waals surface area contributed by atoms with E-state index in [-0.39, 0.29) is 25.9 Å². The van der Waals surface area contributed by atoms with E-state index in [1.807, 2.05) is 0 Å². The Labute approximate surface area is 470 Å². The van der Waals surface area contributed by atoms with Gasteiger partial charge in [0.25, 0.3) is 0 Å². The third kappa shape index (κ3) is 43.7. The summed E-state index contributed by atoms with van der Waals surface area (Å²) < 4.78 is 28.5. The summed E-state index contributed by atoms with van der Waals surface area (Å²) >= 11 is 0. The molecule has 12 nitrogen and oxygen atoms in total. The monoisotopic (exact) mass is 1090 g/mol. The minimum Gasteiger partial charge on any atom is -0.479 e. The van der Waals surface area contributed by atoms with Gasteiger partial charge in [0, 0.05) is 19.3 Å². The second-order valence-corrected chi connectivity index (χ2v) is 22.4. The number of carboxylic acid groups (broad SMARTS) is 1. The Morgan fingerprint density at radius 1 is 0.416 bits per heavy atom. The van der Waals surface area contributed by atoms with Gasteiger partial charge in [0.15, 0.2) is 24.6 Å². The number of esters is 3. The Morgan fingerprint density at radius 3 is 1.10 bits per heavy atom. The molecule has 0 aromatic rings. The molecule has 1 rings (SSSR count). The topological polar surface area (TPSA) is 175 Å². The van der Waals surface area contributed by atoms with Gasteiger partial charge >= 0.3 is 23.9 Å². The van der Waals surface area contributed by atoms with Crippen molar-refractivity contribution in [1.82, 2.24) is 0 Å². The highest BCUT2D eigenvalue weighted by Crippen LogP contribution is 2.27. The maximum Gasteiger partial charge on any atom is 0.335 e. The zero-order valence-corrected chi connectivity index (χ0v) is 49.7. The quantitative estimate of drug-likeness (QED) is 0.0228. The van der Waals surface area contributed by atoms with E-state index in [0.717, 1.165) is 96.3 Å². The second kappa shape index (κ2) is 53.8. The number of rotatable bonds is 56. The average Bonchev–Trinajstić information content (AvgIpc) is 3.43. The Hall–Kier alpha value is -2.80. The van der Waals surface area contributed by atoms with Gasteiger partial charge in [0.1, 0.15) is 18.8 Å². The fourth-order valence-corrected chi connectivity index (χ4v) is 10.0. The molecule has 0 bridgehead atoms. The van der Waals surface area contributed by atoms with Crippen molar-refractivity contribution in [3.05, 3.63) is 24.3 Å². The van der Waals surface area contributed by atoms with Gasteiger partial charge < -0.3 is 39.0 Å². The first-order valence-corrected chi connectivity index (χ1v) is 32.3. The van der Waals surface area contributed by atoms with Crippen LogP contribution in [0.5, 0.6) is 0 Å². The summed E-state index contributed by atoms with van der Waals surface area (Å²) in [5.74, 6) is -3.10. The maximum atomic E-state index is 13.2. The smallest absolute Gasteiger partial charge is 0.335 e. The zero-order chi connectivity index (χ0) is 56.1. The van der Waals surface area contributed by atoms with Crippen LogP contribution in [0.2, 0.25) is 0 Å². The fraction of sp³-hybridized carbons (Fsp3) is 0.877. The summed E-state index contributed by atoms with van der Waals surface area (Å²) in [4.78, 5) is 51.3. The molecule has 6 unspecified atom stereocenters. The van der Waals surface area contributed by atoms with E-state index in [9.17, 15) is 34.5 Å². The van der Waals surface area contributed by atoms with Crippen LogP contribution < -0.4 is 0 Å². The van der Waals surface area contributed by atoms with E-state index in [4.69, 9.17) is 23.7 Å². The number of ether oxygens (including phenoxy) is 5. The van der Waals surface area contributed by atoms with Crippen molar-refractivity contribution in [2.75, 3.05) is 13.2 Å². The van der Waals surface area contributed by atoms with Crippen LogP contribution >= 0.6 is 0 Å². The highest BCUT2D eigenvalue weighted by Gasteiger charge is 2.50. The van der Waals surface area contributed by atoms with E-state index in [1.54, 1.807) is 0 Å². The molecule has 0 amide bonds. The maximum absolute atomic E-state index is 13.2. The Balaban J connectivity index is 2.66. The molecular weight excluding hydrogens is 973 g/mol. The van der Waals surface area contributed by atoms with E-state index >= 15 is 0 Å². The van der Waals surface area contributed by atoms with Gasteiger partial charge in [-0.1, -0.05) is 251 Å². The van der Waals surface area contributed by atoms with Crippen molar-refractivity contribution >= 4 is 23.9 Å². The first-order valence-electron chi connectivity index (χ1n) is 32.3. The Morgan fingerprint density at radius 2 is 0.740 bits per heavy atom. The van der Waals surface area contributed by atoms with Gasteiger partial charge in [-0.2, -0.15) is 0 Å². The van der Waals surface area contributed by atoms with Gasteiger partial charge in [-0.15, -0.1) is 0 Å². The predicted molar refractivity (Wildman–Crippen MR) is 313 cm³/mol. The third-order valence-corrected chi connectivity index (χ3v) is 15.0. The summed E-state index contributed by atoms with van der Waals surface area (Å²) in [6.45, 7) is 6.02. The molecule has 1 heterocycles.